The molecule has 0 aliphatic heterocycles. The highest BCUT2D eigenvalue weighted by Crippen LogP contribution is 2.21. The normalized spacial score (nSPS) is 14.0. The Morgan fingerprint density at radius 3 is 2.82 bits per heavy atom. The second kappa shape index (κ2) is 6.12. The van der Waals surface area contributed by atoms with Crippen molar-refractivity contribution in [2.45, 2.75) is 26.7 Å². The lowest BCUT2D eigenvalue weighted by Gasteiger charge is -2.25. The van der Waals surface area contributed by atoms with Crippen molar-refractivity contribution in [1.82, 2.24) is 5.32 Å². The number of thiocarbonyl (C=S) groups is 1. The summed E-state index contributed by atoms with van der Waals surface area (Å²) >= 11 is 6.65. The van der Waals surface area contributed by atoms with Gasteiger partial charge in [-0.25, -0.2) is 0 Å². The molecular weight excluding hydrogens is 252 g/mol. The number of carbonyl (C=O) groups excluding carboxylic acids is 1. The maximum absolute atomic E-state index is 12.0. The fourth-order valence-electron chi connectivity index (χ4n) is 1.40. The Hall–Kier alpha value is -0.940. The first-order valence-electron chi connectivity index (χ1n) is 5.61. The molecule has 1 atom stereocenters. The molecule has 0 aliphatic rings. The van der Waals surface area contributed by atoms with Gasteiger partial charge in [-0.15, -0.1) is 11.3 Å². The van der Waals surface area contributed by atoms with Gasteiger partial charge in [0.25, 0.3) is 0 Å². The fraction of sp³-hybridized carbons (Fsp3) is 0.500. The standard InChI is InChI=1S/C12H18N2OS2/c1-3-12(2,10(13)16)11(15)14-7-6-9-5-4-8-17-9/h4-5,8H,3,6-7H2,1-2H3,(H2,13,16)(H,14,15). The van der Waals surface area contributed by atoms with Crippen LogP contribution in [0.5, 0.6) is 0 Å². The van der Waals surface area contributed by atoms with Gasteiger partial charge in [0.15, 0.2) is 0 Å². The van der Waals surface area contributed by atoms with E-state index in [9.17, 15) is 4.79 Å². The predicted molar refractivity (Wildman–Crippen MR) is 76.2 cm³/mol. The van der Waals surface area contributed by atoms with Gasteiger partial charge in [0.2, 0.25) is 5.91 Å². The molecule has 0 aromatic carbocycles. The van der Waals surface area contributed by atoms with Crippen LogP contribution in [-0.4, -0.2) is 17.4 Å². The molecule has 3 nitrogen and oxygen atoms in total. The molecule has 0 saturated heterocycles. The summed E-state index contributed by atoms with van der Waals surface area (Å²) in [7, 11) is 0. The van der Waals surface area contributed by atoms with Crippen LogP contribution < -0.4 is 11.1 Å². The first-order valence-corrected chi connectivity index (χ1v) is 6.90. The summed E-state index contributed by atoms with van der Waals surface area (Å²) < 4.78 is 0. The molecule has 1 heterocycles. The Labute approximate surface area is 111 Å². The molecule has 5 heteroatoms. The molecule has 1 rings (SSSR count). The average molecular weight is 270 g/mol. The summed E-state index contributed by atoms with van der Waals surface area (Å²) in [5.41, 5.74) is 4.89. The van der Waals surface area contributed by atoms with E-state index in [0.29, 0.717) is 13.0 Å². The second-order valence-electron chi connectivity index (χ2n) is 4.14. The fourth-order valence-corrected chi connectivity index (χ4v) is 2.34. The van der Waals surface area contributed by atoms with E-state index >= 15 is 0 Å². The van der Waals surface area contributed by atoms with Crippen molar-refractivity contribution >= 4 is 34.5 Å². The van der Waals surface area contributed by atoms with E-state index < -0.39 is 5.41 Å². The van der Waals surface area contributed by atoms with Crippen LogP contribution in [0.4, 0.5) is 0 Å². The molecule has 94 valence electrons. The van der Waals surface area contributed by atoms with Gasteiger partial charge in [-0.3, -0.25) is 4.79 Å². The smallest absolute Gasteiger partial charge is 0.232 e. The molecule has 3 N–H and O–H groups in total. The summed E-state index contributed by atoms with van der Waals surface area (Å²) in [4.78, 5) is 13.5. The molecule has 1 unspecified atom stereocenters. The number of rotatable bonds is 6. The molecule has 0 spiro atoms. The molecule has 1 aromatic heterocycles. The SMILES string of the molecule is CCC(C)(C(=O)NCCc1cccs1)C(N)=S. The molecule has 17 heavy (non-hydrogen) atoms. The summed E-state index contributed by atoms with van der Waals surface area (Å²) in [6, 6.07) is 4.07. The van der Waals surface area contributed by atoms with Gasteiger partial charge in [-0.05, 0) is 31.2 Å². The lowest BCUT2D eigenvalue weighted by Crippen LogP contribution is -2.47. The summed E-state index contributed by atoms with van der Waals surface area (Å²) in [6.45, 7) is 4.32. The van der Waals surface area contributed by atoms with E-state index in [4.69, 9.17) is 18.0 Å². The van der Waals surface area contributed by atoms with Crippen molar-refractivity contribution < 1.29 is 4.79 Å². The summed E-state index contributed by atoms with van der Waals surface area (Å²) in [5, 5.41) is 4.92. The second-order valence-corrected chi connectivity index (χ2v) is 5.61. The van der Waals surface area contributed by atoms with E-state index in [1.165, 1.54) is 4.88 Å². The van der Waals surface area contributed by atoms with Gasteiger partial charge in [0.1, 0.15) is 0 Å². The molecule has 0 aliphatic carbocycles. The Morgan fingerprint density at radius 1 is 1.65 bits per heavy atom. The highest BCUT2D eigenvalue weighted by molar-refractivity contribution is 7.80. The van der Waals surface area contributed by atoms with Crippen LogP contribution in [0.1, 0.15) is 25.1 Å². The Kier molecular flexibility index (Phi) is 5.08. The zero-order valence-electron chi connectivity index (χ0n) is 10.2. The molecule has 0 saturated carbocycles. The lowest BCUT2D eigenvalue weighted by molar-refractivity contribution is -0.126. The van der Waals surface area contributed by atoms with Crippen molar-refractivity contribution in [3.63, 3.8) is 0 Å². The minimum Gasteiger partial charge on any atom is -0.392 e. The highest BCUT2D eigenvalue weighted by atomic mass is 32.1. The van der Waals surface area contributed by atoms with E-state index in [2.05, 4.69) is 11.4 Å². The third kappa shape index (κ3) is 3.51. The summed E-state index contributed by atoms with van der Waals surface area (Å²) in [5.74, 6) is -0.0796. The van der Waals surface area contributed by atoms with Crippen LogP contribution in [0.3, 0.4) is 0 Å². The summed E-state index contributed by atoms with van der Waals surface area (Å²) in [6.07, 6.45) is 1.47. The Balaban J connectivity index is 2.46. The number of hydrogen-bond donors (Lipinski definition) is 2. The minimum atomic E-state index is -0.731. The van der Waals surface area contributed by atoms with Gasteiger partial charge in [-0.2, -0.15) is 0 Å². The van der Waals surface area contributed by atoms with E-state index in [1.54, 1.807) is 18.3 Å². The zero-order chi connectivity index (χ0) is 12.9. The van der Waals surface area contributed by atoms with Crippen LogP contribution in [0.15, 0.2) is 17.5 Å². The van der Waals surface area contributed by atoms with Crippen LogP contribution in [-0.2, 0) is 11.2 Å². The van der Waals surface area contributed by atoms with Gasteiger partial charge in [0.05, 0.1) is 10.4 Å². The molecule has 0 bridgehead atoms. The zero-order valence-corrected chi connectivity index (χ0v) is 11.8. The topological polar surface area (TPSA) is 55.1 Å². The number of amides is 1. The quantitative estimate of drug-likeness (QED) is 0.778. The highest BCUT2D eigenvalue weighted by Gasteiger charge is 2.34. The van der Waals surface area contributed by atoms with E-state index in [-0.39, 0.29) is 10.9 Å². The minimum absolute atomic E-state index is 0.0796. The average Bonchev–Trinajstić information content (AvgIpc) is 2.80. The monoisotopic (exact) mass is 270 g/mol. The number of nitrogens with two attached hydrogens (primary N) is 1. The van der Waals surface area contributed by atoms with Crippen molar-refractivity contribution in [3.05, 3.63) is 22.4 Å². The molecule has 1 amide bonds. The van der Waals surface area contributed by atoms with Gasteiger partial charge in [-0.1, -0.05) is 25.2 Å². The third-order valence-corrected chi connectivity index (χ3v) is 4.38. The van der Waals surface area contributed by atoms with Crippen molar-refractivity contribution in [2.75, 3.05) is 6.54 Å². The van der Waals surface area contributed by atoms with Crippen LogP contribution in [0, 0.1) is 5.41 Å². The van der Waals surface area contributed by atoms with Crippen LogP contribution >= 0.6 is 23.6 Å². The molecule has 1 aromatic rings. The van der Waals surface area contributed by atoms with Crippen LogP contribution in [0.2, 0.25) is 0 Å². The first-order chi connectivity index (χ1) is 8.00. The Morgan fingerprint density at radius 2 is 2.35 bits per heavy atom. The molecule has 0 fully saturated rings. The molecular formula is C12H18N2OS2. The number of thiophene rings is 1. The maximum atomic E-state index is 12.0. The number of nitrogens with one attached hydrogen (secondary N) is 1. The number of hydrogen-bond acceptors (Lipinski definition) is 3. The van der Waals surface area contributed by atoms with Crippen molar-refractivity contribution in [1.29, 1.82) is 0 Å². The van der Waals surface area contributed by atoms with Crippen LogP contribution in [0.25, 0.3) is 0 Å². The van der Waals surface area contributed by atoms with E-state index in [0.717, 1.165) is 6.42 Å². The first kappa shape index (κ1) is 14.1. The van der Waals surface area contributed by atoms with Crippen molar-refractivity contribution in [3.8, 4) is 0 Å². The number of carbonyl (C=O) groups is 1. The lowest BCUT2D eigenvalue weighted by atomic mass is 9.86. The third-order valence-electron chi connectivity index (χ3n) is 2.99. The van der Waals surface area contributed by atoms with Gasteiger partial charge in [0, 0.05) is 11.4 Å². The predicted octanol–water partition coefficient (Wildman–Crippen LogP) is 2.11. The molecule has 0 radical (unpaired) electrons. The maximum Gasteiger partial charge on any atom is 0.232 e. The Bertz CT molecular complexity index is 389. The van der Waals surface area contributed by atoms with Gasteiger partial charge >= 0.3 is 0 Å². The van der Waals surface area contributed by atoms with E-state index in [1.807, 2.05) is 18.4 Å². The largest absolute Gasteiger partial charge is 0.392 e. The van der Waals surface area contributed by atoms with Crippen molar-refractivity contribution in [2.24, 2.45) is 11.1 Å². The van der Waals surface area contributed by atoms with Gasteiger partial charge < -0.3 is 11.1 Å².